The van der Waals surface area contributed by atoms with Gasteiger partial charge >= 0.3 is 5.97 Å². The predicted molar refractivity (Wildman–Crippen MR) is 101 cm³/mol. The molecule has 0 spiro atoms. The van der Waals surface area contributed by atoms with E-state index in [4.69, 9.17) is 9.47 Å². The van der Waals surface area contributed by atoms with E-state index in [0.29, 0.717) is 21.6 Å². The molecule has 140 valence electrons. The van der Waals surface area contributed by atoms with Gasteiger partial charge in [-0.1, -0.05) is 11.3 Å². The summed E-state index contributed by atoms with van der Waals surface area (Å²) in [5.41, 5.74) is 0.749. The molecule has 1 heterocycles. The molecule has 2 rings (SSSR count). The van der Waals surface area contributed by atoms with E-state index >= 15 is 0 Å². The van der Waals surface area contributed by atoms with Crippen LogP contribution in [0.1, 0.15) is 6.92 Å². The van der Waals surface area contributed by atoms with Gasteiger partial charge in [-0.2, -0.15) is 0 Å². The number of methoxy groups -OCH3 is 3. The van der Waals surface area contributed by atoms with E-state index in [1.165, 1.54) is 30.2 Å². The Hall–Kier alpha value is -2.33. The highest BCUT2D eigenvalue weighted by molar-refractivity contribution is 8.01. The molecule has 2 aromatic rings. The Labute approximate surface area is 159 Å². The third kappa shape index (κ3) is 5.09. The van der Waals surface area contributed by atoms with Gasteiger partial charge in [-0.05, 0) is 19.1 Å². The number of thioether (sulfide) groups is 1. The molecule has 8 nitrogen and oxygen atoms in total. The van der Waals surface area contributed by atoms with Gasteiger partial charge in [0.15, 0.2) is 5.01 Å². The molecular formula is C16H19N3O5S2. The number of carbonyl (C=O) groups excluding carboxylic acids is 2. The molecule has 0 aliphatic rings. The highest BCUT2D eigenvalue weighted by Crippen LogP contribution is 2.36. The van der Waals surface area contributed by atoms with E-state index in [1.807, 2.05) is 6.07 Å². The summed E-state index contributed by atoms with van der Waals surface area (Å²) in [5.74, 6) is 0.735. The first-order chi connectivity index (χ1) is 12.5. The molecule has 0 bridgehead atoms. The van der Waals surface area contributed by atoms with Crippen molar-refractivity contribution in [2.24, 2.45) is 0 Å². The molecule has 0 saturated carbocycles. The van der Waals surface area contributed by atoms with Crippen LogP contribution in [0.25, 0.3) is 10.6 Å². The second-order valence-corrected chi connectivity index (χ2v) is 7.30. The quantitative estimate of drug-likeness (QED) is 0.678. The summed E-state index contributed by atoms with van der Waals surface area (Å²) in [6.45, 7) is 1.71. The predicted octanol–water partition coefficient (Wildman–Crippen LogP) is 2.46. The van der Waals surface area contributed by atoms with Crippen molar-refractivity contribution >= 4 is 40.1 Å². The Morgan fingerprint density at radius 3 is 2.65 bits per heavy atom. The van der Waals surface area contributed by atoms with E-state index < -0.39 is 5.25 Å². The molecule has 1 unspecified atom stereocenters. The Kier molecular flexibility index (Phi) is 7.22. The highest BCUT2D eigenvalue weighted by atomic mass is 32.2. The van der Waals surface area contributed by atoms with Gasteiger partial charge in [0.05, 0.1) is 37.9 Å². The Bertz CT molecular complexity index is 781. The summed E-state index contributed by atoms with van der Waals surface area (Å²) in [4.78, 5) is 23.3. The minimum atomic E-state index is -0.433. The maximum Gasteiger partial charge on any atom is 0.315 e. The molecule has 26 heavy (non-hydrogen) atoms. The van der Waals surface area contributed by atoms with Crippen molar-refractivity contribution in [1.29, 1.82) is 0 Å². The van der Waals surface area contributed by atoms with Crippen LogP contribution in [-0.2, 0) is 14.3 Å². The molecule has 0 aliphatic carbocycles. The van der Waals surface area contributed by atoms with Gasteiger partial charge < -0.3 is 14.2 Å². The average molecular weight is 397 g/mol. The number of rotatable bonds is 8. The molecule has 0 radical (unpaired) electrons. The zero-order valence-electron chi connectivity index (χ0n) is 14.8. The summed E-state index contributed by atoms with van der Waals surface area (Å²) in [7, 11) is 4.44. The minimum Gasteiger partial charge on any atom is -0.497 e. The summed E-state index contributed by atoms with van der Waals surface area (Å²) < 4.78 is 15.1. The number of ether oxygens (including phenoxy) is 3. The van der Waals surface area contributed by atoms with Crippen molar-refractivity contribution in [2.45, 2.75) is 12.2 Å². The lowest BCUT2D eigenvalue weighted by atomic mass is 10.2. The molecule has 1 aromatic heterocycles. The van der Waals surface area contributed by atoms with Crippen LogP contribution in [0.4, 0.5) is 5.13 Å². The van der Waals surface area contributed by atoms with Crippen LogP contribution in [-0.4, -0.2) is 54.4 Å². The highest BCUT2D eigenvalue weighted by Gasteiger charge is 2.18. The first-order valence-electron chi connectivity index (χ1n) is 7.53. The van der Waals surface area contributed by atoms with Gasteiger partial charge in [0.1, 0.15) is 11.5 Å². The average Bonchev–Trinajstić information content (AvgIpc) is 3.13. The van der Waals surface area contributed by atoms with Gasteiger partial charge in [0.2, 0.25) is 11.0 Å². The fourth-order valence-corrected chi connectivity index (χ4v) is 3.38. The summed E-state index contributed by atoms with van der Waals surface area (Å²) >= 11 is 2.41. The van der Waals surface area contributed by atoms with Crippen molar-refractivity contribution < 1.29 is 23.8 Å². The smallest absolute Gasteiger partial charge is 0.315 e. The number of hydrogen-bond acceptors (Lipinski definition) is 9. The molecule has 0 aliphatic heterocycles. The SMILES string of the molecule is COC(=O)CSC(C)C(=O)Nc1nnc(-c2ccc(OC)cc2OC)s1. The second kappa shape index (κ2) is 9.39. The van der Waals surface area contributed by atoms with E-state index in [9.17, 15) is 9.59 Å². The fraction of sp³-hybridized carbons (Fsp3) is 0.375. The zero-order chi connectivity index (χ0) is 19.1. The third-order valence-electron chi connectivity index (χ3n) is 3.34. The van der Waals surface area contributed by atoms with Gasteiger partial charge in [0, 0.05) is 6.07 Å². The molecule has 10 heteroatoms. The van der Waals surface area contributed by atoms with Gasteiger partial charge in [-0.25, -0.2) is 0 Å². The number of hydrogen-bond donors (Lipinski definition) is 1. The summed E-state index contributed by atoms with van der Waals surface area (Å²) in [6, 6.07) is 5.36. The van der Waals surface area contributed by atoms with Crippen LogP contribution in [0.2, 0.25) is 0 Å². The third-order valence-corrected chi connectivity index (χ3v) is 5.33. The fourth-order valence-electron chi connectivity index (χ4n) is 1.89. The summed E-state index contributed by atoms with van der Waals surface area (Å²) in [5, 5.41) is 11.3. The number of nitrogens with one attached hydrogen (secondary N) is 1. The van der Waals surface area contributed by atoms with Crippen molar-refractivity contribution in [3.63, 3.8) is 0 Å². The van der Waals surface area contributed by atoms with Crippen molar-refractivity contribution in [2.75, 3.05) is 32.4 Å². The number of anilines is 1. The van der Waals surface area contributed by atoms with E-state index in [1.54, 1.807) is 33.3 Å². The first-order valence-corrected chi connectivity index (χ1v) is 9.40. The molecule has 0 fully saturated rings. The molecular weight excluding hydrogens is 378 g/mol. The minimum absolute atomic E-state index is 0.107. The lowest BCUT2D eigenvalue weighted by Gasteiger charge is -2.09. The van der Waals surface area contributed by atoms with E-state index in [2.05, 4.69) is 20.3 Å². The van der Waals surface area contributed by atoms with Gasteiger partial charge in [-0.15, -0.1) is 22.0 Å². The van der Waals surface area contributed by atoms with Crippen LogP contribution in [0.15, 0.2) is 18.2 Å². The lowest BCUT2D eigenvalue weighted by Crippen LogP contribution is -2.23. The summed E-state index contributed by atoms with van der Waals surface area (Å²) in [6.07, 6.45) is 0. The maximum absolute atomic E-state index is 12.2. The van der Waals surface area contributed by atoms with Gasteiger partial charge in [0.25, 0.3) is 0 Å². The van der Waals surface area contributed by atoms with Gasteiger partial charge in [-0.3, -0.25) is 14.9 Å². The molecule has 1 amide bonds. The van der Waals surface area contributed by atoms with E-state index in [0.717, 1.165) is 5.56 Å². The number of benzene rings is 1. The molecule has 1 N–H and O–H groups in total. The number of aromatic nitrogens is 2. The van der Waals surface area contributed by atoms with Crippen molar-refractivity contribution in [3.8, 4) is 22.1 Å². The molecule has 0 saturated heterocycles. The maximum atomic E-state index is 12.2. The zero-order valence-corrected chi connectivity index (χ0v) is 16.4. The van der Waals surface area contributed by atoms with Crippen LogP contribution in [0.5, 0.6) is 11.5 Å². The van der Waals surface area contributed by atoms with Crippen LogP contribution in [0, 0.1) is 0 Å². The van der Waals surface area contributed by atoms with Crippen LogP contribution >= 0.6 is 23.1 Å². The topological polar surface area (TPSA) is 99.6 Å². The number of esters is 1. The first kappa shape index (κ1) is 20.0. The standard InChI is InChI=1S/C16H19N3O5S2/c1-9(25-8-13(20)24-4)14(21)17-16-19-18-15(26-16)11-6-5-10(22-2)7-12(11)23-3/h5-7,9H,8H2,1-4H3,(H,17,19,21). The van der Waals surface area contributed by atoms with Crippen molar-refractivity contribution in [1.82, 2.24) is 10.2 Å². The number of carbonyl (C=O) groups is 2. The number of nitrogens with zero attached hydrogens (tertiary/aromatic N) is 2. The van der Waals surface area contributed by atoms with Crippen LogP contribution < -0.4 is 14.8 Å². The van der Waals surface area contributed by atoms with Crippen molar-refractivity contribution in [3.05, 3.63) is 18.2 Å². The van der Waals surface area contributed by atoms with Crippen LogP contribution in [0.3, 0.4) is 0 Å². The molecule has 1 atom stereocenters. The Morgan fingerprint density at radius 1 is 1.23 bits per heavy atom. The number of amides is 1. The second-order valence-electron chi connectivity index (χ2n) is 5.00. The Balaban J connectivity index is 2.06. The van der Waals surface area contributed by atoms with E-state index in [-0.39, 0.29) is 17.6 Å². The normalized spacial score (nSPS) is 11.5. The monoisotopic (exact) mass is 397 g/mol. The largest absolute Gasteiger partial charge is 0.497 e. The Morgan fingerprint density at radius 2 is 2.00 bits per heavy atom. The lowest BCUT2D eigenvalue weighted by molar-refractivity contribution is -0.137. The molecule has 1 aromatic carbocycles.